The number of anilines is 1. The molecular formula is C19H25N3O3S. The van der Waals surface area contributed by atoms with Crippen LogP contribution in [-0.2, 0) is 20.9 Å². The Morgan fingerprint density at radius 3 is 2.73 bits per heavy atom. The zero-order valence-electron chi connectivity index (χ0n) is 15.0. The van der Waals surface area contributed by atoms with Crippen LogP contribution < -0.4 is 5.32 Å². The van der Waals surface area contributed by atoms with E-state index in [-0.39, 0.29) is 25.0 Å². The summed E-state index contributed by atoms with van der Waals surface area (Å²) in [5, 5.41) is 5.04. The van der Waals surface area contributed by atoms with Gasteiger partial charge in [-0.1, -0.05) is 50.1 Å². The average Bonchev–Trinajstić information content (AvgIpc) is 3.14. The van der Waals surface area contributed by atoms with Crippen molar-refractivity contribution in [3.63, 3.8) is 0 Å². The molecule has 0 saturated heterocycles. The highest BCUT2D eigenvalue weighted by atomic mass is 32.1. The van der Waals surface area contributed by atoms with E-state index in [1.54, 1.807) is 16.5 Å². The molecule has 7 heteroatoms. The number of benzene rings is 1. The number of rotatable bonds is 11. The van der Waals surface area contributed by atoms with Gasteiger partial charge in [0.15, 0.2) is 5.13 Å². The van der Waals surface area contributed by atoms with Gasteiger partial charge in [0, 0.05) is 18.1 Å². The van der Waals surface area contributed by atoms with Crippen molar-refractivity contribution >= 4 is 28.3 Å². The molecule has 0 aliphatic heterocycles. The second kappa shape index (κ2) is 11.4. The van der Waals surface area contributed by atoms with Crippen molar-refractivity contribution in [2.75, 3.05) is 25.0 Å². The van der Waals surface area contributed by atoms with E-state index < -0.39 is 0 Å². The van der Waals surface area contributed by atoms with Crippen LogP contribution in [-0.4, -0.2) is 41.4 Å². The second-order valence-corrected chi connectivity index (χ2v) is 6.78. The van der Waals surface area contributed by atoms with Crippen LogP contribution in [0.1, 0.15) is 31.7 Å². The number of hydrogen-bond donors (Lipinski definition) is 1. The minimum atomic E-state index is -0.243. The van der Waals surface area contributed by atoms with Crippen LogP contribution in [0.2, 0.25) is 0 Å². The first-order chi connectivity index (χ1) is 12.7. The van der Waals surface area contributed by atoms with Gasteiger partial charge in [-0.3, -0.25) is 9.59 Å². The van der Waals surface area contributed by atoms with Crippen molar-refractivity contribution < 1.29 is 14.3 Å². The van der Waals surface area contributed by atoms with Crippen molar-refractivity contribution in [3.8, 4) is 0 Å². The summed E-state index contributed by atoms with van der Waals surface area (Å²) in [4.78, 5) is 30.2. The van der Waals surface area contributed by atoms with Gasteiger partial charge < -0.3 is 15.0 Å². The standard InChI is InChI=1S/C19H25N3O3S/c1-2-3-7-11-22(13-17(23)21-19-20-10-12-26-19)18(24)15-25-14-16-8-5-4-6-9-16/h4-6,8-10,12H,2-3,7,11,13-15H2,1H3,(H,20,21,23). The van der Waals surface area contributed by atoms with Crippen molar-refractivity contribution in [1.82, 2.24) is 9.88 Å². The normalized spacial score (nSPS) is 10.5. The third kappa shape index (κ3) is 7.33. The maximum Gasteiger partial charge on any atom is 0.249 e. The maximum absolute atomic E-state index is 12.5. The number of nitrogens with one attached hydrogen (secondary N) is 1. The molecule has 2 rings (SSSR count). The van der Waals surface area contributed by atoms with E-state index in [4.69, 9.17) is 4.74 Å². The van der Waals surface area contributed by atoms with Gasteiger partial charge in [-0.15, -0.1) is 11.3 Å². The minimum Gasteiger partial charge on any atom is -0.367 e. The molecule has 0 saturated carbocycles. The van der Waals surface area contributed by atoms with Crippen molar-refractivity contribution in [1.29, 1.82) is 0 Å². The molecule has 140 valence electrons. The largest absolute Gasteiger partial charge is 0.367 e. The van der Waals surface area contributed by atoms with Gasteiger partial charge in [0.2, 0.25) is 11.8 Å². The smallest absolute Gasteiger partial charge is 0.249 e. The number of aromatic nitrogens is 1. The van der Waals surface area contributed by atoms with Gasteiger partial charge in [0.25, 0.3) is 0 Å². The van der Waals surface area contributed by atoms with E-state index in [1.807, 2.05) is 30.3 Å². The summed E-state index contributed by atoms with van der Waals surface area (Å²) >= 11 is 1.35. The lowest BCUT2D eigenvalue weighted by Crippen LogP contribution is -2.40. The maximum atomic E-state index is 12.5. The lowest BCUT2D eigenvalue weighted by atomic mass is 10.2. The first-order valence-electron chi connectivity index (χ1n) is 8.78. The predicted octanol–water partition coefficient (Wildman–Crippen LogP) is 3.32. The van der Waals surface area contributed by atoms with Gasteiger partial charge >= 0.3 is 0 Å². The molecule has 0 atom stereocenters. The summed E-state index contributed by atoms with van der Waals surface area (Å²) < 4.78 is 5.52. The van der Waals surface area contributed by atoms with Crippen molar-refractivity contribution in [3.05, 3.63) is 47.5 Å². The van der Waals surface area contributed by atoms with Crippen LogP contribution in [0.4, 0.5) is 5.13 Å². The zero-order valence-corrected chi connectivity index (χ0v) is 15.8. The Kier molecular flexibility index (Phi) is 8.78. The van der Waals surface area contributed by atoms with Gasteiger partial charge in [-0.25, -0.2) is 4.98 Å². The molecule has 0 bridgehead atoms. The summed E-state index contributed by atoms with van der Waals surface area (Å²) in [5.74, 6) is -0.417. The monoisotopic (exact) mass is 375 g/mol. The molecule has 6 nitrogen and oxygen atoms in total. The number of carbonyl (C=O) groups excluding carboxylic acids is 2. The first-order valence-corrected chi connectivity index (χ1v) is 9.65. The van der Waals surface area contributed by atoms with Crippen LogP contribution in [0.5, 0.6) is 0 Å². The fourth-order valence-electron chi connectivity index (χ4n) is 2.38. The molecule has 2 amide bonds. The number of thiazole rings is 1. The quantitative estimate of drug-likeness (QED) is 0.612. The minimum absolute atomic E-state index is 0.0107. The molecule has 1 heterocycles. The Hall–Kier alpha value is -2.25. The number of nitrogens with zero attached hydrogens (tertiary/aromatic N) is 2. The van der Waals surface area contributed by atoms with Crippen molar-refractivity contribution in [2.45, 2.75) is 32.8 Å². The predicted molar refractivity (Wildman–Crippen MR) is 103 cm³/mol. The average molecular weight is 375 g/mol. The summed E-state index contributed by atoms with van der Waals surface area (Å²) in [7, 11) is 0. The number of ether oxygens (including phenoxy) is 1. The molecular weight excluding hydrogens is 350 g/mol. The summed E-state index contributed by atoms with van der Waals surface area (Å²) in [6.45, 7) is 3.00. The number of carbonyl (C=O) groups is 2. The topological polar surface area (TPSA) is 71.5 Å². The van der Waals surface area contributed by atoms with Crippen LogP contribution >= 0.6 is 11.3 Å². The third-order valence-corrected chi connectivity index (χ3v) is 4.42. The first kappa shape index (κ1) is 20.1. The summed E-state index contributed by atoms with van der Waals surface area (Å²) in [6, 6.07) is 9.70. The van der Waals surface area contributed by atoms with E-state index in [1.165, 1.54) is 11.3 Å². The molecule has 0 aliphatic rings. The highest BCUT2D eigenvalue weighted by Crippen LogP contribution is 2.10. The van der Waals surface area contributed by atoms with Crippen LogP contribution in [0.3, 0.4) is 0 Å². The van der Waals surface area contributed by atoms with E-state index >= 15 is 0 Å². The Morgan fingerprint density at radius 1 is 1.23 bits per heavy atom. The van der Waals surface area contributed by atoms with E-state index in [2.05, 4.69) is 17.2 Å². The van der Waals surface area contributed by atoms with Crippen LogP contribution in [0.15, 0.2) is 41.9 Å². The molecule has 0 aliphatic carbocycles. The molecule has 0 fully saturated rings. The summed E-state index contributed by atoms with van der Waals surface area (Å²) in [5.41, 5.74) is 1.01. The summed E-state index contributed by atoms with van der Waals surface area (Å²) in [6.07, 6.45) is 4.56. The van der Waals surface area contributed by atoms with Gasteiger partial charge in [0.1, 0.15) is 6.61 Å². The second-order valence-electron chi connectivity index (χ2n) is 5.89. The number of unbranched alkanes of at least 4 members (excludes halogenated alkanes) is 2. The molecule has 26 heavy (non-hydrogen) atoms. The molecule has 1 aromatic carbocycles. The highest BCUT2D eigenvalue weighted by molar-refractivity contribution is 7.13. The lowest BCUT2D eigenvalue weighted by molar-refractivity contribution is -0.139. The molecule has 1 N–H and O–H groups in total. The fourth-order valence-corrected chi connectivity index (χ4v) is 2.93. The molecule has 0 unspecified atom stereocenters. The Bertz CT molecular complexity index is 662. The van der Waals surface area contributed by atoms with Crippen LogP contribution in [0.25, 0.3) is 0 Å². The number of hydrogen-bond acceptors (Lipinski definition) is 5. The van der Waals surface area contributed by atoms with Crippen LogP contribution in [0, 0.1) is 0 Å². The number of amides is 2. The van der Waals surface area contributed by atoms with Gasteiger partial charge in [-0.05, 0) is 12.0 Å². The van der Waals surface area contributed by atoms with E-state index in [9.17, 15) is 9.59 Å². The Labute approximate surface area is 158 Å². The van der Waals surface area contributed by atoms with Gasteiger partial charge in [-0.2, -0.15) is 0 Å². The van der Waals surface area contributed by atoms with E-state index in [0.29, 0.717) is 18.3 Å². The molecule has 1 aromatic heterocycles. The molecule has 2 aromatic rings. The zero-order chi connectivity index (χ0) is 18.6. The lowest BCUT2D eigenvalue weighted by Gasteiger charge is -2.22. The Balaban J connectivity index is 1.83. The molecule has 0 spiro atoms. The van der Waals surface area contributed by atoms with E-state index in [0.717, 1.165) is 24.8 Å². The van der Waals surface area contributed by atoms with Crippen molar-refractivity contribution in [2.24, 2.45) is 0 Å². The SMILES string of the molecule is CCCCCN(CC(=O)Nc1nccs1)C(=O)COCc1ccccc1. The fraction of sp³-hybridized carbons (Fsp3) is 0.421. The Morgan fingerprint density at radius 2 is 2.04 bits per heavy atom. The van der Waals surface area contributed by atoms with Gasteiger partial charge in [0.05, 0.1) is 13.2 Å². The highest BCUT2D eigenvalue weighted by Gasteiger charge is 2.17. The third-order valence-electron chi connectivity index (χ3n) is 3.73. The molecule has 0 radical (unpaired) electrons.